The van der Waals surface area contributed by atoms with Crippen molar-refractivity contribution < 1.29 is 28.6 Å². The molecular formula is C35H38N4O6. The van der Waals surface area contributed by atoms with Crippen LogP contribution in [0.1, 0.15) is 74.8 Å². The third-order valence-electron chi connectivity index (χ3n) is 8.82. The number of carbonyl (C=O) groups excluding carboxylic acids is 2. The Morgan fingerprint density at radius 3 is 2.53 bits per heavy atom. The molecule has 5 aromatic rings. The summed E-state index contributed by atoms with van der Waals surface area (Å²) in [4.78, 5) is 42.9. The van der Waals surface area contributed by atoms with Crippen LogP contribution in [0.15, 0.2) is 65.6 Å². The summed E-state index contributed by atoms with van der Waals surface area (Å²) in [6.45, 7) is 4.44. The Morgan fingerprint density at radius 2 is 1.84 bits per heavy atom. The molecule has 3 aromatic heterocycles. The van der Waals surface area contributed by atoms with Crippen molar-refractivity contribution in [3.05, 3.63) is 72.3 Å². The summed E-state index contributed by atoms with van der Waals surface area (Å²) in [5, 5.41) is 13.3. The van der Waals surface area contributed by atoms with E-state index in [4.69, 9.17) is 14.1 Å². The number of Topliss-reactive ketones (excluding diaryl/α,β-unsaturated/α-hetero) is 1. The summed E-state index contributed by atoms with van der Waals surface area (Å²) >= 11 is 0. The number of fused-ring (bicyclic) bond motifs is 2. The van der Waals surface area contributed by atoms with Crippen molar-refractivity contribution in [2.75, 3.05) is 0 Å². The smallest absolute Gasteiger partial charge is 0.347 e. The van der Waals surface area contributed by atoms with E-state index in [0.717, 1.165) is 51.7 Å². The van der Waals surface area contributed by atoms with E-state index in [2.05, 4.69) is 9.88 Å². The third kappa shape index (κ3) is 5.96. The number of aromatic nitrogens is 3. The molecule has 1 aliphatic rings. The Hall–Kier alpha value is -4.86. The first kappa shape index (κ1) is 30.2. The van der Waals surface area contributed by atoms with Gasteiger partial charge in [-0.3, -0.25) is 9.59 Å². The number of ketones is 1. The zero-order valence-corrected chi connectivity index (χ0v) is 26.0. The van der Waals surface area contributed by atoms with Gasteiger partial charge in [-0.1, -0.05) is 19.3 Å². The number of furan rings is 1. The molecule has 0 unspecified atom stereocenters. The summed E-state index contributed by atoms with van der Waals surface area (Å²) < 4.78 is 15.3. The number of aliphatic carboxylic acids is 1. The lowest BCUT2D eigenvalue weighted by atomic mass is 9.95. The topological polar surface area (TPSA) is 129 Å². The summed E-state index contributed by atoms with van der Waals surface area (Å²) in [5.74, 6) is -0.379. The van der Waals surface area contributed by atoms with Crippen LogP contribution in [-0.2, 0) is 23.1 Å². The average Bonchev–Trinajstić information content (AvgIpc) is 3.74. The maximum atomic E-state index is 13.6. The van der Waals surface area contributed by atoms with Crippen LogP contribution in [0.3, 0.4) is 0 Å². The first-order valence-electron chi connectivity index (χ1n) is 15.4. The van der Waals surface area contributed by atoms with Gasteiger partial charge in [0.2, 0.25) is 0 Å². The van der Waals surface area contributed by atoms with Gasteiger partial charge >= 0.3 is 5.97 Å². The van der Waals surface area contributed by atoms with E-state index in [1.807, 2.05) is 36.0 Å². The zero-order valence-electron chi connectivity index (χ0n) is 26.0. The third-order valence-corrected chi connectivity index (χ3v) is 8.82. The molecule has 3 heterocycles. The van der Waals surface area contributed by atoms with E-state index in [1.165, 1.54) is 40.0 Å². The quantitative estimate of drug-likeness (QED) is 0.186. The number of amides is 1. The number of imidazole rings is 1. The Morgan fingerprint density at radius 1 is 1.09 bits per heavy atom. The number of nitrogens with one attached hydrogen (secondary N) is 1. The van der Waals surface area contributed by atoms with Gasteiger partial charge in [-0.15, -0.1) is 0 Å². The highest BCUT2D eigenvalue weighted by Gasteiger charge is 2.30. The molecule has 234 valence electrons. The zero-order chi connectivity index (χ0) is 31.9. The van der Waals surface area contributed by atoms with E-state index >= 15 is 0 Å². The van der Waals surface area contributed by atoms with Gasteiger partial charge in [0.1, 0.15) is 17.8 Å². The number of carboxylic acid groups (broad SMARTS) is 1. The molecule has 2 N–H and O–H groups in total. The maximum Gasteiger partial charge on any atom is 0.347 e. The fraction of sp³-hybridized carbons (Fsp3) is 0.371. The van der Waals surface area contributed by atoms with Gasteiger partial charge < -0.3 is 28.7 Å². The van der Waals surface area contributed by atoms with E-state index in [-0.39, 0.29) is 18.1 Å². The molecule has 2 aromatic carbocycles. The molecule has 1 fully saturated rings. The molecule has 1 saturated carbocycles. The van der Waals surface area contributed by atoms with Crippen molar-refractivity contribution in [3.63, 3.8) is 0 Å². The predicted molar refractivity (Wildman–Crippen MR) is 170 cm³/mol. The lowest BCUT2D eigenvalue weighted by Crippen LogP contribution is -2.41. The summed E-state index contributed by atoms with van der Waals surface area (Å²) in [5.41, 5.74) is 3.32. The highest BCUT2D eigenvalue weighted by molar-refractivity contribution is 6.00. The fourth-order valence-electron chi connectivity index (χ4n) is 6.32. The Labute approximate surface area is 261 Å². The van der Waals surface area contributed by atoms with Gasteiger partial charge in [0.25, 0.3) is 5.91 Å². The number of carboxylic acids is 1. The molecule has 0 bridgehead atoms. The number of hydrogen-bond acceptors (Lipinski definition) is 6. The lowest BCUT2D eigenvalue weighted by molar-refractivity contribution is -0.152. The molecule has 45 heavy (non-hydrogen) atoms. The van der Waals surface area contributed by atoms with Crippen LogP contribution in [-0.4, -0.2) is 48.5 Å². The predicted octanol–water partition coefficient (Wildman–Crippen LogP) is 6.47. The first-order valence-corrected chi connectivity index (χ1v) is 15.4. The highest BCUT2D eigenvalue weighted by atomic mass is 16.5. The Bertz CT molecular complexity index is 1890. The number of rotatable bonds is 10. The molecule has 0 radical (unpaired) electrons. The minimum absolute atomic E-state index is 0.176. The number of benzene rings is 2. The van der Waals surface area contributed by atoms with E-state index in [0.29, 0.717) is 17.4 Å². The second-order valence-corrected chi connectivity index (χ2v) is 12.5. The van der Waals surface area contributed by atoms with Crippen LogP contribution >= 0.6 is 0 Å². The van der Waals surface area contributed by atoms with Crippen molar-refractivity contribution in [1.82, 2.24) is 19.4 Å². The molecule has 1 aliphatic carbocycles. The molecule has 10 nitrogen and oxygen atoms in total. The number of ether oxygens (including phenoxy) is 1. The van der Waals surface area contributed by atoms with Crippen molar-refractivity contribution in [2.24, 2.45) is 7.05 Å². The second kappa shape index (κ2) is 11.9. The Balaban J connectivity index is 1.27. The van der Waals surface area contributed by atoms with Crippen molar-refractivity contribution in [3.8, 4) is 17.1 Å². The van der Waals surface area contributed by atoms with E-state index < -0.39 is 17.6 Å². The van der Waals surface area contributed by atoms with Gasteiger partial charge in [0.05, 0.1) is 28.9 Å². The highest BCUT2D eigenvalue weighted by Crippen LogP contribution is 2.36. The minimum atomic E-state index is -1.41. The molecule has 0 aliphatic heterocycles. The SMILES string of the molecule is CC(=O)[C@H](Cc1cn(C)c2ccc(OC(C)(C)C(=O)O)cc12)NC(=O)c1ccc2c(c1)nc(-c1ccoc1)n2C1CCCCC1. The van der Waals surface area contributed by atoms with Gasteiger partial charge in [0, 0.05) is 42.2 Å². The standard InChI is InChI=1S/C35H38N4O6/c1-21(40)28(17-24-19-38(4)30-13-11-26(18-27(24)30)45-35(2,3)34(42)43)37-33(41)22-10-12-31-29(16-22)36-32(23-14-15-44-20-23)39(31)25-8-6-5-7-9-25/h10-16,18-20,25,28H,5-9,17H2,1-4H3,(H,37,41)(H,42,43)/t28-/m0/s1. The lowest BCUT2D eigenvalue weighted by Gasteiger charge is -2.25. The molecule has 1 amide bonds. The van der Waals surface area contributed by atoms with Gasteiger partial charge in [-0.25, -0.2) is 9.78 Å². The fourth-order valence-corrected chi connectivity index (χ4v) is 6.32. The number of hydrogen-bond donors (Lipinski definition) is 2. The number of nitrogens with zero attached hydrogens (tertiary/aromatic N) is 3. The van der Waals surface area contributed by atoms with Crippen LogP contribution in [0.4, 0.5) is 0 Å². The molecule has 6 rings (SSSR count). The molecule has 0 spiro atoms. The van der Waals surface area contributed by atoms with Crippen molar-refractivity contribution in [1.29, 1.82) is 0 Å². The Kier molecular flexibility index (Phi) is 7.99. The largest absolute Gasteiger partial charge is 0.478 e. The summed E-state index contributed by atoms with van der Waals surface area (Å²) in [6, 6.07) is 12.3. The van der Waals surface area contributed by atoms with Crippen LogP contribution in [0, 0.1) is 0 Å². The average molecular weight is 611 g/mol. The van der Waals surface area contributed by atoms with Gasteiger partial charge in [0.15, 0.2) is 11.4 Å². The van der Waals surface area contributed by atoms with Crippen molar-refractivity contribution in [2.45, 2.75) is 77.0 Å². The van der Waals surface area contributed by atoms with Crippen molar-refractivity contribution >= 4 is 39.6 Å². The number of aryl methyl sites for hydroxylation is 1. The number of carbonyl (C=O) groups is 3. The monoisotopic (exact) mass is 610 g/mol. The van der Waals surface area contributed by atoms with E-state index in [9.17, 15) is 19.5 Å². The van der Waals surface area contributed by atoms with Crippen LogP contribution < -0.4 is 10.1 Å². The maximum absolute atomic E-state index is 13.6. The molecular weight excluding hydrogens is 572 g/mol. The van der Waals surface area contributed by atoms with Crippen LogP contribution in [0.5, 0.6) is 5.75 Å². The van der Waals surface area contributed by atoms with Crippen LogP contribution in [0.25, 0.3) is 33.3 Å². The normalized spacial score (nSPS) is 14.9. The molecule has 10 heteroatoms. The minimum Gasteiger partial charge on any atom is -0.478 e. The summed E-state index contributed by atoms with van der Waals surface area (Å²) in [6.07, 6.45) is 11.3. The first-order chi connectivity index (χ1) is 21.5. The summed E-state index contributed by atoms with van der Waals surface area (Å²) in [7, 11) is 1.90. The van der Waals surface area contributed by atoms with Gasteiger partial charge in [-0.2, -0.15) is 0 Å². The van der Waals surface area contributed by atoms with Crippen LogP contribution in [0.2, 0.25) is 0 Å². The van der Waals surface area contributed by atoms with E-state index in [1.54, 1.807) is 36.8 Å². The molecule has 0 saturated heterocycles. The van der Waals surface area contributed by atoms with Gasteiger partial charge in [-0.05, 0) is 81.6 Å². The molecule has 1 atom stereocenters. The second-order valence-electron chi connectivity index (χ2n) is 12.5.